The highest BCUT2D eigenvalue weighted by Gasteiger charge is 2.36. The average Bonchev–Trinajstić information content (AvgIpc) is 2.93. The molecule has 7 heteroatoms. The van der Waals surface area contributed by atoms with Crippen molar-refractivity contribution in [3.63, 3.8) is 0 Å². The van der Waals surface area contributed by atoms with Crippen LogP contribution in [0.2, 0.25) is 0 Å². The van der Waals surface area contributed by atoms with Gasteiger partial charge in [-0.05, 0) is 29.5 Å². The number of carbonyl (C=O) groups is 1. The molecule has 28 heavy (non-hydrogen) atoms. The van der Waals surface area contributed by atoms with Crippen molar-refractivity contribution >= 4 is 38.1 Å². The standard InChI is InChI=1S/C21H19N3O3S/c1-2-17(15-8-4-3-5-9-15)22-23-20(25)14-24-18-12-6-10-16-11-7-13-19(21(16)18)28(24,26)27/h3-13H,2,14H2,1H3,(H,23,25)/b22-17-. The molecule has 0 unspecified atom stereocenters. The summed E-state index contributed by atoms with van der Waals surface area (Å²) in [5.74, 6) is -0.490. The van der Waals surface area contributed by atoms with Crippen LogP contribution in [0.25, 0.3) is 10.8 Å². The van der Waals surface area contributed by atoms with Gasteiger partial charge < -0.3 is 0 Å². The van der Waals surface area contributed by atoms with Gasteiger partial charge in [-0.25, -0.2) is 13.8 Å². The summed E-state index contributed by atoms with van der Waals surface area (Å²) in [5, 5.41) is 5.68. The first-order valence-electron chi connectivity index (χ1n) is 8.97. The van der Waals surface area contributed by atoms with Gasteiger partial charge >= 0.3 is 0 Å². The fourth-order valence-corrected chi connectivity index (χ4v) is 5.07. The van der Waals surface area contributed by atoms with E-state index in [0.29, 0.717) is 17.5 Å². The predicted molar refractivity (Wildman–Crippen MR) is 110 cm³/mol. The summed E-state index contributed by atoms with van der Waals surface area (Å²) >= 11 is 0. The fourth-order valence-electron chi connectivity index (χ4n) is 3.40. The van der Waals surface area contributed by atoms with E-state index in [1.165, 1.54) is 0 Å². The van der Waals surface area contributed by atoms with Crippen molar-refractivity contribution in [1.29, 1.82) is 0 Å². The number of benzene rings is 3. The van der Waals surface area contributed by atoms with Gasteiger partial charge in [0.2, 0.25) is 0 Å². The quantitative estimate of drug-likeness (QED) is 0.534. The number of rotatable bonds is 5. The Bertz CT molecular complexity index is 1180. The van der Waals surface area contributed by atoms with Crippen molar-refractivity contribution in [2.75, 3.05) is 10.8 Å². The Morgan fingerprint density at radius 1 is 1.00 bits per heavy atom. The van der Waals surface area contributed by atoms with E-state index in [2.05, 4.69) is 10.5 Å². The number of nitrogens with zero attached hydrogens (tertiary/aromatic N) is 2. The third-order valence-electron chi connectivity index (χ3n) is 4.73. The fraction of sp³-hybridized carbons (Fsp3) is 0.143. The lowest BCUT2D eigenvalue weighted by molar-refractivity contribution is -0.119. The second-order valence-corrected chi connectivity index (χ2v) is 8.29. The van der Waals surface area contributed by atoms with E-state index >= 15 is 0 Å². The Balaban J connectivity index is 1.59. The van der Waals surface area contributed by atoms with E-state index in [1.807, 2.05) is 49.4 Å². The molecule has 0 radical (unpaired) electrons. The van der Waals surface area contributed by atoms with Crippen molar-refractivity contribution < 1.29 is 13.2 Å². The van der Waals surface area contributed by atoms with Crippen LogP contribution in [-0.4, -0.2) is 26.6 Å². The number of hydrazone groups is 1. The molecular formula is C21H19N3O3S. The summed E-state index contributed by atoms with van der Waals surface area (Å²) in [5.41, 5.74) is 4.66. The van der Waals surface area contributed by atoms with E-state index in [-0.39, 0.29) is 11.4 Å². The second-order valence-electron chi connectivity index (χ2n) is 6.46. The van der Waals surface area contributed by atoms with Gasteiger partial charge in [-0.3, -0.25) is 9.10 Å². The Hall–Kier alpha value is -3.19. The topological polar surface area (TPSA) is 78.8 Å². The highest BCUT2D eigenvalue weighted by molar-refractivity contribution is 7.93. The molecule has 1 N–H and O–H groups in total. The van der Waals surface area contributed by atoms with E-state index in [4.69, 9.17) is 0 Å². The minimum absolute atomic E-state index is 0.232. The van der Waals surface area contributed by atoms with Crippen molar-refractivity contribution in [2.24, 2.45) is 5.10 Å². The first-order valence-corrected chi connectivity index (χ1v) is 10.4. The number of hydrogen-bond acceptors (Lipinski definition) is 4. The van der Waals surface area contributed by atoms with Crippen LogP contribution in [0.5, 0.6) is 0 Å². The van der Waals surface area contributed by atoms with E-state index in [0.717, 1.165) is 21.0 Å². The largest absolute Gasteiger partial charge is 0.271 e. The van der Waals surface area contributed by atoms with Crippen molar-refractivity contribution in [1.82, 2.24) is 5.43 Å². The Morgan fingerprint density at radius 2 is 1.71 bits per heavy atom. The van der Waals surface area contributed by atoms with E-state index in [1.54, 1.807) is 24.3 Å². The number of sulfonamides is 1. The normalized spacial score (nSPS) is 15.0. The van der Waals surface area contributed by atoms with Gasteiger partial charge in [0, 0.05) is 5.39 Å². The molecule has 142 valence electrons. The predicted octanol–water partition coefficient (Wildman–Crippen LogP) is 3.28. The van der Waals surface area contributed by atoms with E-state index in [9.17, 15) is 13.2 Å². The third-order valence-corrected chi connectivity index (χ3v) is 6.53. The maximum atomic E-state index is 12.9. The number of nitrogens with one attached hydrogen (secondary N) is 1. The minimum atomic E-state index is -3.77. The summed E-state index contributed by atoms with van der Waals surface area (Å²) < 4.78 is 27.0. The monoisotopic (exact) mass is 393 g/mol. The molecule has 0 aliphatic carbocycles. The number of anilines is 1. The van der Waals surface area contributed by atoms with Crippen LogP contribution in [-0.2, 0) is 14.8 Å². The van der Waals surface area contributed by atoms with Gasteiger partial charge in [-0.1, -0.05) is 61.5 Å². The molecule has 0 bridgehead atoms. The van der Waals surface area contributed by atoms with Gasteiger partial charge in [-0.15, -0.1) is 0 Å². The SMILES string of the molecule is CC/C(=N/NC(=O)CN1c2cccc3cccc(c23)S1(=O)=O)c1ccccc1. The molecule has 0 spiro atoms. The first-order chi connectivity index (χ1) is 13.5. The van der Waals surface area contributed by atoms with Gasteiger partial charge in [0.05, 0.1) is 16.3 Å². The van der Waals surface area contributed by atoms with Gasteiger partial charge in [0.25, 0.3) is 15.9 Å². The zero-order valence-electron chi connectivity index (χ0n) is 15.3. The van der Waals surface area contributed by atoms with Gasteiger partial charge in [0.15, 0.2) is 0 Å². The van der Waals surface area contributed by atoms with E-state index < -0.39 is 15.9 Å². The highest BCUT2D eigenvalue weighted by Crippen LogP contribution is 2.41. The first kappa shape index (κ1) is 18.2. The van der Waals surface area contributed by atoms with Crippen LogP contribution < -0.4 is 9.73 Å². The molecule has 1 amide bonds. The van der Waals surface area contributed by atoms with Crippen LogP contribution in [0, 0.1) is 0 Å². The maximum absolute atomic E-state index is 12.9. The molecule has 3 aromatic rings. The molecule has 3 aromatic carbocycles. The molecular weight excluding hydrogens is 374 g/mol. The molecule has 0 saturated heterocycles. The lowest BCUT2D eigenvalue weighted by atomic mass is 10.1. The molecule has 1 heterocycles. The average molecular weight is 393 g/mol. The third kappa shape index (κ3) is 3.03. The summed E-state index contributed by atoms with van der Waals surface area (Å²) in [7, 11) is -3.77. The zero-order chi connectivity index (χ0) is 19.7. The number of carbonyl (C=O) groups excluding carboxylic acids is 1. The van der Waals surface area contributed by atoms with Crippen molar-refractivity contribution in [3.05, 3.63) is 72.3 Å². The Labute approximate surface area is 163 Å². The van der Waals surface area contributed by atoms with Crippen LogP contribution in [0.3, 0.4) is 0 Å². The Morgan fingerprint density at radius 3 is 2.43 bits per heavy atom. The minimum Gasteiger partial charge on any atom is -0.271 e. The molecule has 0 fully saturated rings. The lowest BCUT2D eigenvalue weighted by Crippen LogP contribution is -2.37. The molecule has 1 aliphatic rings. The van der Waals surface area contributed by atoms with Gasteiger partial charge in [-0.2, -0.15) is 5.10 Å². The van der Waals surface area contributed by atoms with Crippen LogP contribution in [0.1, 0.15) is 18.9 Å². The number of hydrogen-bond donors (Lipinski definition) is 1. The van der Waals surface area contributed by atoms with Crippen LogP contribution in [0.15, 0.2) is 76.7 Å². The van der Waals surface area contributed by atoms with Crippen LogP contribution >= 0.6 is 0 Å². The second kappa shape index (κ2) is 7.09. The summed E-state index contributed by atoms with van der Waals surface area (Å²) in [6.45, 7) is 1.62. The van der Waals surface area contributed by atoms with Gasteiger partial charge in [0.1, 0.15) is 6.54 Å². The Kier molecular flexibility index (Phi) is 4.60. The van der Waals surface area contributed by atoms with Crippen LogP contribution in [0.4, 0.5) is 5.69 Å². The molecule has 0 atom stereocenters. The molecule has 0 saturated carbocycles. The van der Waals surface area contributed by atoms with Crippen molar-refractivity contribution in [3.8, 4) is 0 Å². The maximum Gasteiger partial charge on any atom is 0.265 e. The lowest BCUT2D eigenvalue weighted by Gasteiger charge is -2.17. The molecule has 4 rings (SSSR count). The summed E-state index contributed by atoms with van der Waals surface area (Å²) in [6.07, 6.45) is 0.636. The smallest absolute Gasteiger partial charge is 0.265 e. The highest BCUT2D eigenvalue weighted by atomic mass is 32.2. The summed E-state index contributed by atoms with van der Waals surface area (Å²) in [4.78, 5) is 12.7. The molecule has 6 nitrogen and oxygen atoms in total. The number of amides is 1. The summed E-state index contributed by atoms with van der Waals surface area (Å²) in [6, 6.07) is 20.0. The van der Waals surface area contributed by atoms with Crippen molar-refractivity contribution in [2.45, 2.75) is 18.2 Å². The molecule has 1 aliphatic heterocycles. The molecule has 0 aromatic heterocycles. The zero-order valence-corrected chi connectivity index (χ0v) is 16.1.